The van der Waals surface area contributed by atoms with Crippen molar-refractivity contribution < 1.29 is 9.50 Å². The smallest absolute Gasteiger partial charge is 0.129 e. The molecule has 1 aromatic rings. The van der Waals surface area contributed by atoms with Crippen LogP contribution in [0.15, 0.2) is 22.7 Å². The molecule has 0 radical (unpaired) electrons. The molecule has 90 valence electrons. The number of nitrogens with one attached hydrogen (secondary N) is 1. The van der Waals surface area contributed by atoms with Gasteiger partial charge < -0.3 is 10.4 Å². The number of hydrogen-bond acceptors (Lipinski definition) is 2. The zero-order valence-electron chi connectivity index (χ0n) is 9.56. The van der Waals surface area contributed by atoms with Crippen LogP contribution in [0.1, 0.15) is 25.8 Å². The molecule has 0 amide bonds. The lowest BCUT2D eigenvalue weighted by Crippen LogP contribution is -2.43. The fourth-order valence-electron chi connectivity index (χ4n) is 1.57. The molecule has 0 aromatic heterocycles. The molecule has 1 atom stereocenters. The second-order valence-electron chi connectivity index (χ2n) is 4.04. The summed E-state index contributed by atoms with van der Waals surface area (Å²) >= 11 is 3.21. The van der Waals surface area contributed by atoms with E-state index in [1.54, 1.807) is 19.1 Å². The van der Waals surface area contributed by atoms with Gasteiger partial charge in [-0.25, -0.2) is 4.39 Å². The van der Waals surface area contributed by atoms with Gasteiger partial charge in [0.2, 0.25) is 0 Å². The van der Waals surface area contributed by atoms with Crippen molar-refractivity contribution >= 4 is 15.9 Å². The Hall–Kier alpha value is -0.450. The van der Waals surface area contributed by atoms with E-state index in [0.717, 1.165) is 13.0 Å². The Labute approximate surface area is 104 Å². The van der Waals surface area contributed by atoms with Gasteiger partial charge in [-0.3, -0.25) is 0 Å². The third kappa shape index (κ3) is 3.03. The first kappa shape index (κ1) is 13.6. The predicted octanol–water partition coefficient (Wildman–Crippen LogP) is 2.80. The number of benzene rings is 1. The van der Waals surface area contributed by atoms with E-state index >= 15 is 0 Å². The lowest BCUT2D eigenvalue weighted by Gasteiger charge is -2.29. The van der Waals surface area contributed by atoms with Gasteiger partial charge in [-0.2, -0.15) is 0 Å². The van der Waals surface area contributed by atoms with Crippen molar-refractivity contribution in [1.29, 1.82) is 0 Å². The maximum Gasteiger partial charge on any atom is 0.129 e. The first-order valence-electron chi connectivity index (χ1n) is 5.35. The van der Waals surface area contributed by atoms with Crippen LogP contribution >= 0.6 is 15.9 Å². The van der Waals surface area contributed by atoms with Crippen molar-refractivity contribution in [3.8, 4) is 0 Å². The highest BCUT2D eigenvalue weighted by atomic mass is 79.9. The van der Waals surface area contributed by atoms with Gasteiger partial charge in [-0.05, 0) is 32.0 Å². The maximum atomic E-state index is 13.8. The molecule has 4 heteroatoms. The number of hydrogen-bond donors (Lipinski definition) is 2. The minimum absolute atomic E-state index is 0.133. The van der Waals surface area contributed by atoms with Crippen LogP contribution in [-0.2, 0) is 5.54 Å². The third-order valence-electron chi connectivity index (χ3n) is 2.61. The normalized spacial score (nSPS) is 14.8. The summed E-state index contributed by atoms with van der Waals surface area (Å²) in [4.78, 5) is 0. The standard InChI is InChI=1S/C12H17BrFNO/c1-3-6-15-12(2,8-16)10-5-4-9(13)7-11(10)14/h4-5,7,15-16H,3,6,8H2,1-2H3. The summed E-state index contributed by atoms with van der Waals surface area (Å²) in [5, 5.41) is 12.6. The van der Waals surface area contributed by atoms with Crippen molar-refractivity contribution in [3.05, 3.63) is 34.1 Å². The van der Waals surface area contributed by atoms with Crippen LogP contribution in [0, 0.1) is 5.82 Å². The van der Waals surface area contributed by atoms with Crippen LogP contribution in [0.5, 0.6) is 0 Å². The molecule has 0 aliphatic rings. The number of rotatable bonds is 5. The van der Waals surface area contributed by atoms with Gasteiger partial charge >= 0.3 is 0 Å². The predicted molar refractivity (Wildman–Crippen MR) is 66.8 cm³/mol. The van der Waals surface area contributed by atoms with E-state index in [-0.39, 0.29) is 12.4 Å². The Morgan fingerprint density at radius 2 is 2.19 bits per heavy atom. The molecule has 2 nitrogen and oxygen atoms in total. The Kier molecular flexibility index (Phi) is 4.89. The quantitative estimate of drug-likeness (QED) is 0.874. The van der Waals surface area contributed by atoms with Gasteiger partial charge in [0.25, 0.3) is 0 Å². The second kappa shape index (κ2) is 5.75. The van der Waals surface area contributed by atoms with E-state index in [1.165, 1.54) is 6.07 Å². The number of halogens is 2. The van der Waals surface area contributed by atoms with Gasteiger partial charge in [0.05, 0.1) is 12.1 Å². The Morgan fingerprint density at radius 1 is 1.50 bits per heavy atom. The van der Waals surface area contributed by atoms with Gasteiger partial charge in [0.15, 0.2) is 0 Å². The van der Waals surface area contributed by atoms with Crippen LogP contribution in [0.4, 0.5) is 4.39 Å². The first-order valence-corrected chi connectivity index (χ1v) is 6.14. The molecule has 1 unspecified atom stereocenters. The monoisotopic (exact) mass is 289 g/mol. The zero-order chi connectivity index (χ0) is 12.2. The molecule has 16 heavy (non-hydrogen) atoms. The zero-order valence-corrected chi connectivity index (χ0v) is 11.1. The van der Waals surface area contributed by atoms with E-state index in [2.05, 4.69) is 21.2 Å². The molecular formula is C12H17BrFNO. The molecule has 0 bridgehead atoms. The Balaban J connectivity index is 3.02. The van der Waals surface area contributed by atoms with Gasteiger partial charge in [-0.1, -0.05) is 28.9 Å². The van der Waals surface area contributed by atoms with E-state index in [1.807, 2.05) is 6.92 Å². The Bertz CT molecular complexity index is 359. The molecular weight excluding hydrogens is 273 g/mol. The van der Waals surface area contributed by atoms with Crippen LogP contribution in [-0.4, -0.2) is 18.3 Å². The minimum atomic E-state index is -0.721. The summed E-state index contributed by atoms with van der Waals surface area (Å²) in [6.07, 6.45) is 0.938. The largest absolute Gasteiger partial charge is 0.394 e. The van der Waals surface area contributed by atoms with Gasteiger partial charge in [0.1, 0.15) is 5.82 Å². The Morgan fingerprint density at radius 3 is 2.69 bits per heavy atom. The molecule has 2 N–H and O–H groups in total. The summed E-state index contributed by atoms with van der Waals surface area (Å²) in [6.45, 7) is 4.44. The second-order valence-corrected chi connectivity index (χ2v) is 4.96. The van der Waals surface area contributed by atoms with Gasteiger partial charge in [0, 0.05) is 10.0 Å². The molecule has 0 heterocycles. The van der Waals surface area contributed by atoms with Crippen molar-refractivity contribution in [3.63, 3.8) is 0 Å². The molecule has 0 aliphatic heterocycles. The summed E-state index contributed by atoms with van der Waals surface area (Å²) in [7, 11) is 0. The minimum Gasteiger partial charge on any atom is -0.394 e. The summed E-state index contributed by atoms with van der Waals surface area (Å²) in [6, 6.07) is 4.88. The van der Waals surface area contributed by atoms with Crippen LogP contribution in [0.3, 0.4) is 0 Å². The highest BCUT2D eigenvalue weighted by Gasteiger charge is 2.27. The molecule has 0 fully saturated rings. The molecule has 0 aliphatic carbocycles. The van der Waals surface area contributed by atoms with E-state index < -0.39 is 5.54 Å². The lowest BCUT2D eigenvalue weighted by atomic mass is 9.92. The van der Waals surface area contributed by atoms with E-state index in [4.69, 9.17) is 0 Å². The highest BCUT2D eigenvalue weighted by Crippen LogP contribution is 2.25. The molecule has 1 rings (SSSR count). The van der Waals surface area contributed by atoms with Crippen molar-refractivity contribution in [2.24, 2.45) is 0 Å². The first-order chi connectivity index (χ1) is 7.53. The van der Waals surface area contributed by atoms with Crippen molar-refractivity contribution in [2.45, 2.75) is 25.8 Å². The number of aliphatic hydroxyl groups excluding tert-OH is 1. The van der Waals surface area contributed by atoms with E-state index in [0.29, 0.717) is 10.0 Å². The molecule has 0 spiro atoms. The third-order valence-corrected chi connectivity index (χ3v) is 3.10. The summed E-state index contributed by atoms with van der Waals surface area (Å²) in [5.41, 5.74) is -0.229. The molecule has 0 saturated heterocycles. The lowest BCUT2D eigenvalue weighted by molar-refractivity contribution is 0.171. The van der Waals surface area contributed by atoms with E-state index in [9.17, 15) is 9.50 Å². The SMILES string of the molecule is CCCNC(C)(CO)c1ccc(Br)cc1F. The fraction of sp³-hybridized carbons (Fsp3) is 0.500. The average molecular weight is 290 g/mol. The maximum absolute atomic E-state index is 13.8. The highest BCUT2D eigenvalue weighted by molar-refractivity contribution is 9.10. The fourth-order valence-corrected chi connectivity index (χ4v) is 1.91. The topological polar surface area (TPSA) is 32.3 Å². The molecule has 1 aromatic carbocycles. The van der Waals surface area contributed by atoms with Crippen molar-refractivity contribution in [1.82, 2.24) is 5.32 Å². The van der Waals surface area contributed by atoms with Crippen LogP contribution < -0.4 is 5.32 Å². The van der Waals surface area contributed by atoms with Crippen molar-refractivity contribution in [2.75, 3.05) is 13.2 Å². The summed E-state index contributed by atoms with van der Waals surface area (Å²) < 4.78 is 14.5. The number of aliphatic hydroxyl groups is 1. The average Bonchev–Trinajstić information content (AvgIpc) is 2.26. The summed E-state index contributed by atoms with van der Waals surface area (Å²) in [5.74, 6) is -0.311. The van der Waals surface area contributed by atoms with Crippen LogP contribution in [0.2, 0.25) is 0 Å². The molecule has 0 saturated carbocycles. The van der Waals surface area contributed by atoms with Crippen LogP contribution in [0.25, 0.3) is 0 Å². The van der Waals surface area contributed by atoms with Gasteiger partial charge in [-0.15, -0.1) is 0 Å².